The molecule has 2 rings (SSSR count). The summed E-state index contributed by atoms with van der Waals surface area (Å²) in [4.78, 5) is 22.7. The summed E-state index contributed by atoms with van der Waals surface area (Å²) in [6.45, 7) is 0.370. The van der Waals surface area contributed by atoms with Crippen LogP contribution in [0.2, 0.25) is 0 Å². The summed E-state index contributed by atoms with van der Waals surface area (Å²) in [5.41, 5.74) is -0.536. The van der Waals surface area contributed by atoms with E-state index in [1.165, 1.54) is 0 Å². The van der Waals surface area contributed by atoms with E-state index in [4.69, 9.17) is 4.74 Å². The van der Waals surface area contributed by atoms with Gasteiger partial charge in [0.05, 0.1) is 12.0 Å². The van der Waals surface area contributed by atoms with E-state index < -0.39 is 5.41 Å². The van der Waals surface area contributed by atoms with Crippen LogP contribution in [0.4, 0.5) is 0 Å². The van der Waals surface area contributed by atoms with E-state index >= 15 is 0 Å². The Kier molecular flexibility index (Phi) is 1.87. The first-order chi connectivity index (χ1) is 6.19. The van der Waals surface area contributed by atoms with Crippen LogP contribution in [0.3, 0.4) is 0 Å². The van der Waals surface area contributed by atoms with Crippen LogP contribution in [0, 0.1) is 11.3 Å². The molecule has 1 heterocycles. The standard InChI is InChI=1S/C9H13NO3/c1-13-5-9(6-2-3-6)4-7(11)10-8(9)12/h6H,2-5H2,1H3,(H,10,11,12). The lowest BCUT2D eigenvalue weighted by Gasteiger charge is -2.23. The van der Waals surface area contributed by atoms with E-state index in [2.05, 4.69) is 5.32 Å². The number of methoxy groups -OCH3 is 1. The molecule has 0 aromatic carbocycles. The Labute approximate surface area is 76.6 Å². The van der Waals surface area contributed by atoms with Gasteiger partial charge in [0.25, 0.3) is 0 Å². The highest BCUT2D eigenvalue weighted by molar-refractivity contribution is 6.06. The van der Waals surface area contributed by atoms with Crippen LogP contribution in [-0.4, -0.2) is 25.5 Å². The van der Waals surface area contributed by atoms with Crippen LogP contribution in [0.5, 0.6) is 0 Å². The summed E-state index contributed by atoms with van der Waals surface area (Å²) in [5.74, 6) is 0.0645. The third kappa shape index (κ3) is 1.25. The fraction of sp³-hybridized carbons (Fsp3) is 0.778. The molecule has 72 valence electrons. The maximum absolute atomic E-state index is 11.6. The average molecular weight is 183 g/mol. The first-order valence-electron chi connectivity index (χ1n) is 4.52. The molecule has 4 heteroatoms. The molecule has 0 bridgehead atoms. The van der Waals surface area contributed by atoms with Gasteiger partial charge in [0.1, 0.15) is 0 Å². The van der Waals surface area contributed by atoms with Crippen LogP contribution in [-0.2, 0) is 14.3 Å². The molecule has 4 nitrogen and oxygen atoms in total. The Balaban J connectivity index is 2.21. The fourth-order valence-electron chi connectivity index (χ4n) is 2.12. The first-order valence-corrected chi connectivity index (χ1v) is 4.52. The lowest BCUT2D eigenvalue weighted by molar-refractivity contribution is -0.131. The van der Waals surface area contributed by atoms with Crippen molar-refractivity contribution < 1.29 is 14.3 Å². The van der Waals surface area contributed by atoms with Crippen LogP contribution in [0.15, 0.2) is 0 Å². The SMILES string of the molecule is COCC1(C2CC2)CC(=O)NC1=O. The van der Waals surface area contributed by atoms with Crippen LogP contribution < -0.4 is 5.32 Å². The lowest BCUT2D eigenvalue weighted by Crippen LogP contribution is -2.37. The van der Waals surface area contributed by atoms with Gasteiger partial charge in [-0.15, -0.1) is 0 Å². The highest BCUT2D eigenvalue weighted by atomic mass is 16.5. The second-order valence-electron chi connectivity index (χ2n) is 3.92. The summed E-state index contributed by atoms with van der Waals surface area (Å²) in [5, 5.41) is 2.36. The molecule has 2 aliphatic rings. The van der Waals surface area contributed by atoms with Gasteiger partial charge in [-0.05, 0) is 18.8 Å². The zero-order valence-corrected chi connectivity index (χ0v) is 7.63. The van der Waals surface area contributed by atoms with Crippen LogP contribution in [0.1, 0.15) is 19.3 Å². The van der Waals surface area contributed by atoms with Gasteiger partial charge in [-0.25, -0.2) is 0 Å². The van der Waals surface area contributed by atoms with Gasteiger partial charge < -0.3 is 4.74 Å². The van der Waals surface area contributed by atoms with Gasteiger partial charge >= 0.3 is 0 Å². The number of imide groups is 1. The zero-order chi connectivity index (χ0) is 9.47. The van der Waals surface area contributed by atoms with Crippen LogP contribution in [0.25, 0.3) is 0 Å². The molecule has 1 N–H and O–H groups in total. The number of rotatable bonds is 3. The Bertz CT molecular complexity index is 260. The van der Waals surface area contributed by atoms with Crippen molar-refractivity contribution >= 4 is 11.8 Å². The molecular weight excluding hydrogens is 170 g/mol. The van der Waals surface area contributed by atoms with Gasteiger partial charge in [0.2, 0.25) is 11.8 Å². The number of carbonyl (C=O) groups excluding carboxylic acids is 2. The molecule has 1 saturated carbocycles. The first kappa shape index (κ1) is 8.69. The number of hydrogen-bond donors (Lipinski definition) is 1. The summed E-state index contributed by atoms with van der Waals surface area (Å²) < 4.78 is 5.04. The molecule has 0 spiro atoms. The van der Waals surface area contributed by atoms with Crippen molar-refractivity contribution in [2.75, 3.05) is 13.7 Å². The molecule has 1 saturated heterocycles. The fourth-order valence-corrected chi connectivity index (χ4v) is 2.12. The van der Waals surface area contributed by atoms with Crippen molar-refractivity contribution in [2.45, 2.75) is 19.3 Å². The summed E-state index contributed by atoms with van der Waals surface area (Å²) >= 11 is 0. The second kappa shape index (κ2) is 2.80. The van der Waals surface area contributed by atoms with E-state index in [1.54, 1.807) is 7.11 Å². The predicted molar refractivity (Wildman–Crippen MR) is 44.8 cm³/mol. The molecule has 0 aromatic rings. The van der Waals surface area contributed by atoms with Gasteiger partial charge in [-0.2, -0.15) is 0 Å². The molecule has 1 aliphatic carbocycles. The molecule has 13 heavy (non-hydrogen) atoms. The van der Waals surface area contributed by atoms with Crippen molar-refractivity contribution in [3.8, 4) is 0 Å². The number of ether oxygens (including phenoxy) is 1. The largest absolute Gasteiger partial charge is 0.384 e. The van der Waals surface area contributed by atoms with Gasteiger partial charge in [0.15, 0.2) is 0 Å². The molecule has 1 atom stereocenters. The number of carbonyl (C=O) groups is 2. The quantitative estimate of drug-likeness (QED) is 0.630. The Morgan fingerprint density at radius 2 is 2.23 bits per heavy atom. The van der Waals surface area contributed by atoms with Gasteiger partial charge in [0, 0.05) is 13.5 Å². The van der Waals surface area contributed by atoms with E-state index in [1.807, 2.05) is 0 Å². The zero-order valence-electron chi connectivity index (χ0n) is 7.63. The average Bonchev–Trinajstić information content (AvgIpc) is 2.82. The number of nitrogens with one attached hydrogen (secondary N) is 1. The summed E-state index contributed by atoms with van der Waals surface area (Å²) in [7, 11) is 1.57. The summed E-state index contributed by atoms with van der Waals surface area (Å²) in [6.07, 6.45) is 2.40. The van der Waals surface area contributed by atoms with Crippen LogP contribution >= 0.6 is 0 Å². The third-order valence-corrected chi connectivity index (χ3v) is 2.94. The lowest BCUT2D eigenvalue weighted by atomic mass is 9.82. The van der Waals surface area contributed by atoms with Gasteiger partial charge in [-0.1, -0.05) is 0 Å². The Hall–Kier alpha value is -0.900. The molecule has 1 unspecified atom stereocenters. The predicted octanol–water partition coefficient (Wildman–Crippen LogP) is 0.0757. The minimum atomic E-state index is -0.536. The minimum Gasteiger partial charge on any atom is -0.384 e. The van der Waals surface area contributed by atoms with E-state index in [9.17, 15) is 9.59 Å². The monoisotopic (exact) mass is 183 g/mol. The second-order valence-corrected chi connectivity index (χ2v) is 3.92. The maximum Gasteiger partial charge on any atom is 0.235 e. The van der Waals surface area contributed by atoms with E-state index in [-0.39, 0.29) is 11.8 Å². The normalized spacial score (nSPS) is 33.6. The van der Waals surface area contributed by atoms with E-state index in [0.717, 1.165) is 12.8 Å². The van der Waals surface area contributed by atoms with Crippen molar-refractivity contribution in [1.82, 2.24) is 5.32 Å². The van der Waals surface area contributed by atoms with Gasteiger partial charge in [-0.3, -0.25) is 14.9 Å². The molecule has 0 aromatic heterocycles. The van der Waals surface area contributed by atoms with E-state index in [0.29, 0.717) is 18.9 Å². The molecule has 1 aliphatic heterocycles. The third-order valence-electron chi connectivity index (χ3n) is 2.94. The molecule has 2 fully saturated rings. The van der Waals surface area contributed by atoms with Crippen molar-refractivity contribution in [2.24, 2.45) is 11.3 Å². The number of hydrogen-bond acceptors (Lipinski definition) is 3. The molecular formula is C9H13NO3. The smallest absolute Gasteiger partial charge is 0.235 e. The highest BCUT2D eigenvalue weighted by Crippen LogP contribution is 2.49. The summed E-state index contributed by atoms with van der Waals surface area (Å²) in [6, 6.07) is 0. The maximum atomic E-state index is 11.6. The molecule has 2 amide bonds. The minimum absolute atomic E-state index is 0.137. The topological polar surface area (TPSA) is 55.4 Å². The Morgan fingerprint density at radius 3 is 2.62 bits per heavy atom. The van der Waals surface area contributed by atoms with Crippen molar-refractivity contribution in [1.29, 1.82) is 0 Å². The van der Waals surface area contributed by atoms with Crippen molar-refractivity contribution in [3.05, 3.63) is 0 Å². The van der Waals surface area contributed by atoms with Crippen molar-refractivity contribution in [3.63, 3.8) is 0 Å². The highest BCUT2D eigenvalue weighted by Gasteiger charge is 2.55. The molecule has 0 radical (unpaired) electrons. The number of amides is 2. The Morgan fingerprint density at radius 1 is 1.54 bits per heavy atom.